The van der Waals surface area contributed by atoms with Gasteiger partial charge in [0.05, 0.1) is 24.6 Å². The van der Waals surface area contributed by atoms with Crippen LogP contribution in [-0.4, -0.2) is 55.3 Å². The fraction of sp³-hybridized carbons (Fsp3) is 0.429. The Morgan fingerprint density at radius 1 is 0.860 bits per heavy atom. The van der Waals surface area contributed by atoms with Crippen molar-refractivity contribution < 1.29 is 19.1 Å². The maximum atomic E-state index is 13.4. The number of ether oxygens (including phenoxy) is 2. The normalized spacial score (nSPS) is 20.3. The number of hydrogen-bond donors (Lipinski definition) is 2. The molecule has 2 amide bonds. The molecule has 3 aromatic rings. The van der Waals surface area contributed by atoms with Crippen molar-refractivity contribution in [2.45, 2.75) is 63.8 Å². The van der Waals surface area contributed by atoms with Crippen LogP contribution in [0.15, 0.2) is 72.8 Å². The monoisotopic (exact) mass is 582 g/mol. The second kappa shape index (κ2) is 13.6. The van der Waals surface area contributed by atoms with Gasteiger partial charge in [0.1, 0.15) is 6.61 Å². The maximum Gasteiger partial charge on any atom is 0.412 e. The second-order valence-electron chi connectivity index (χ2n) is 12.0. The number of rotatable bonds is 9. The number of amides is 2. The number of nitrogens with zero attached hydrogens (tertiary/aromatic N) is 2. The average Bonchev–Trinajstić information content (AvgIpc) is 3.90. The van der Waals surface area contributed by atoms with Crippen molar-refractivity contribution in [2.75, 3.05) is 36.5 Å². The predicted molar refractivity (Wildman–Crippen MR) is 169 cm³/mol. The molecule has 1 aliphatic heterocycles. The highest BCUT2D eigenvalue weighted by Crippen LogP contribution is 2.36. The summed E-state index contributed by atoms with van der Waals surface area (Å²) >= 11 is 0. The number of carbonyl (C=O) groups is 2. The minimum absolute atomic E-state index is 0.182. The second-order valence-corrected chi connectivity index (χ2v) is 12.0. The smallest absolute Gasteiger partial charge is 0.412 e. The van der Waals surface area contributed by atoms with Gasteiger partial charge in [0.2, 0.25) is 5.91 Å². The van der Waals surface area contributed by atoms with E-state index in [4.69, 9.17) is 15.2 Å². The lowest BCUT2D eigenvalue weighted by atomic mass is 9.90. The van der Waals surface area contributed by atoms with E-state index in [9.17, 15) is 9.59 Å². The summed E-state index contributed by atoms with van der Waals surface area (Å²) in [5.74, 6) is 0.475. The number of carbonyl (C=O) groups excluding carboxylic acids is 2. The van der Waals surface area contributed by atoms with Crippen LogP contribution in [0.2, 0.25) is 0 Å². The van der Waals surface area contributed by atoms with Crippen molar-refractivity contribution in [3.8, 4) is 11.1 Å². The number of morpholine rings is 1. The molecule has 3 aromatic carbocycles. The van der Waals surface area contributed by atoms with Gasteiger partial charge in [-0.1, -0.05) is 54.6 Å². The minimum atomic E-state index is -0.495. The molecule has 2 saturated carbocycles. The first-order chi connectivity index (χ1) is 21.0. The molecule has 0 spiro atoms. The number of benzene rings is 3. The lowest BCUT2D eigenvalue weighted by Crippen LogP contribution is -2.44. The van der Waals surface area contributed by atoms with E-state index in [1.807, 2.05) is 36.4 Å². The van der Waals surface area contributed by atoms with E-state index in [2.05, 4.69) is 51.5 Å². The van der Waals surface area contributed by atoms with Crippen molar-refractivity contribution in [2.24, 2.45) is 11.7 Å². The summed E-state index contributed by atoms with van der Waals surface area (Å²) < 4.78 is 11.1. The van der Waals surface area contributed by atoms with E-state index in [0.717, 1.165) is 79.6 Å². The minimum Gasteiger partial charge on any atom is -0.444 e. The van der Waals surface area contributed by atoms with Gasteiger partial charge in [-0.15, -0.1) is 0 Å². The third kappa shape index (κ3) is 7.56. The lowest BCUT2D eigenvalue weighted by Gasteiger charge is -2.36. The Balaban J connectivity index is 1.22. The molecule has 0 aromatic heterocycles. The molecule has 8 heteroatoms. The topological polar surface area (TPSA) is 97.1 Å². The lowest BCUT2D eigenvalue weighted by molar-refractivity contribution is -0.136. The Morgan fingerprint density at radius 3 is 2.33 bits per heavy atom. The van der Waals surface area contributed by atoms with Crippen LogP contribution in [-0.2, 0) is 27.4 Å². The van der Waals surface area contributed by atoms with Gasteiger partial charge in [-0.05, 0) is 79.0 Å². The third-order valence-corrected chi connectivity index (χ3v) is 8.80. The molecule has 3 N–H and O–H groups in total. The summed E-state index contributed by atoms with van der Waals surface area (Å²) in [7, 11) is 0. The summed E-state index contributed by atoms with van der Waals surface area (Å²) in [6, 6.07) is 24.7. The van der Waals surface area contributed by atoms with Crippen molar-refractivity contribution in [3.63, 3.8) is 0 Å². The first kappa shape index (κ1) is 29.2. The predicted octanol–water partition coefficient (Wildman–Crippen LogP) is 5.95. The van der Waals surface area contributed by atoms with E-state index < -0.39 is 6.09 Å². The van der Waals surface area contributed by atoms with Gasteiger partial charge in [-0.3, -0.25) is 10.1 Å². The molecular formula is C35H42N4O4. The van der Waals surface area contributed by atoms with Crippen LogP contribution in [0.4, 0.5) is 16.2 Å². The Morgan fingerprint density at radius 2 is 1.58 bits per heavy atom. The van der Waals surface area contributed by atoms with Crippen LogP contribution in [0, 0.1) is 5.92 Å². The summed E-state index contributed by atoms with van der Waals surface area (Å²) in [5, 5.41) is 3.01. The van der Waals surface area contributed by atoms with Crippen molar-refractivity contribution in [3.05, 3.63) is 83.9 Å². The van der Waals surface area contributed by atoms with E-state index in [1.54, 1.807) is 0 Å². The standard InChI is InChI=1S/C35H42N4O4/c36-30-12-14-31(15-13-30)39(34(40)27-9-10-27)23-26-7-4-8-28(21-26)29-11-16-33(38-17-19-42-20-18-38)32(22-29)37-35(41)43-24-25-5-2-1-3-6-25/h1-8,11,16,21-22,27,30-31H,9-10,12-15,17-20,23-24,36H2,(H,37,41). The van der Waals surface area contributed by atoms with Crippen LogP contribution < -0.4 is 16.0 Å². The quantitative estimate of drug-likeness (QED) is 0.324. The molecule has 1 heterocycles. The first-order valence-corrected chi connectivity index (χ1v) is 15.6. The molecule has 1 saturated heterocycles. The van der Waals surface area contributed by atoms with Gasteiger partial charge in [-0.2, -0.15) is 0 Å². The molecular weight excluding hydrogens is 540 g/mol. The molecule has 43 heavy (non-hydrogen) atoms. The molecule has 0 bridgehead atoms. The zero-order valence-corrected chi connectivity index (χ0v) is 24.8. The molecule has 0 radical (unpaired) electrons. The number of anilines is 2. The molecule has 226 valence electrons. The van der Waals surface area contributed by atoms with Crippen LogP contribution in [0.3, 0.4) is 0 Å². The van der Waals surface area contributed by atoms with Crippen LogP contribution >= 0.6 is 0 Å². The maximum absolute atomic E-state index is 13.4. The molecule has 3 aliphatic rings. The Kier molecular flexibility index (Phi) is 9.24. The number of hydrogen-bond acceptors (Lipinski definition) is 6. The van der Waals surface area contributed by atoms with Crippen molar-refractivity contribution in [1.82, 2.24) is 4.90 Å². The summed E-state index contributed by atoms with van der Waals surface area (Å²) in [5.41, 5.74) is 11.9. The summed E-state index contributed by atoms with van der Waals surface area (Å²) in [6.07, 6.45) is 5.39. The fourth-order valence-corrected chi connectivity index (χ4v) is 6.18. The SMILES string of the molecule is NC1CCC(N(Cc2cccc(-c3ccc(N4CCOCC4)c(NC(=O)OCc4ccccc4)c3)c2)C(=O)C2CC2)CC1. The van der Waals surface area contributed by atoms with E-state index in [1.165, 1.54) is 0 Å². The van der Waals surface area contributed by atoms with Gasteiger partial charge in [0.15, 0.2) is 0 Å². The Labute approximate surface area is 254 Å². The first-order valence-electron chi connectivity index (χ1n) is 15.6. The Bertz CT molecular complexity index is 1400. The number of nitrogens with two attached hydrogens (primary N) is 1. The molecule has 2 aliphatic carbocycles. The third-order valence-electron chi connectivity index (χ3n) is 8.80. The van der Waals surface area contributed by atoms with Crippen LogP contribution in [0.25, 0.3) is 11.1 Å². The van der Waals surface area contributed by atoms with Gasteiger partial charge >= 0.3 is 6.09 Å². The van der Waals surface area contributed by atoms with Crippen molar-refractivity contribution >= 4 is 23.4 Å². The van der Waals surface area contributed by atoms with Gasteiger partial charge in [-0.25, -0.2) is 4.79 Å². The van der Waals surface area contributed by atoms with Crippen LogP contribution in [0.5, 0.6) is 0 Å². The summed E-state index contributed by atoms with van der Waals surface area (Å²) in [6.45, 7) is 3.59. The molecule has 3 fully saturated rings. The van der Waals surface area contributed by atoms with Crippen LogP contribution in [0.1, 0.15) is 49.7 Å². The van der Waals surface area contributed by atoms with E-state index in [-0.39, 0.29) is 24.6 Å². The largest absolute Gasteiger partial charge is 0.444 e. The molecule has 0 atom stereocenters. The highest BCUT2D eigenvalue weighted by atomic mass is 16.5. The van der Waals surface area contributed by atoms with Gasteiger partial charge in [0.25, 0.3) is 0 Å². The fourth-order valence-electron chi connectivity index (χ4n) is 6.18. The zero-order valence-electron chi connectivity index (χ0n) is 24.8. The highest BCUT2D eigenvalue weighted by Gasteiger charge is 2.37. The molecule has 0 unspecified atom stereocenters. The number of nitrogens with one attached hydrogen (secondary N) is 1. The average molecular weight is 583 g/mol. The summed E-state index contributed by atoms with van der Waals surface area (Å²) in [4.78, 5) is 30.6. The molecule has 6 rings (SSSR count). The highest BCUT2D eigenvalue weighted by molar-refractivity contribution is 5.92. The molecule has 8 nitrogen and oxygen atoms in total. The Hall–Kier alpha value is -3.88. The van der Waals surface area contributed by atoms with Crippen molar-refractivity contribution in [1.29, 1.82) is 0 Å². The van der Waals surface area contributed by atoms with Gasteiger partial charge in [0, 0.05) is 37.6 Å². The van der Waals surface area contributed by atoms with E-state index >= 15 is 0 Å². The zero-order chi connectivity index (χ0) is 29.6. The van der Waals surface area contributed by atoms with E-state index in [0.29, 0.717) is 31.4 Å². The van der Waals surface area contributed by atoms with Gasteiger partial charge < -0.3 is 25.0 Å².